The van der Waals surface area contributed by atoms with Crippen molar-refractivity contribution in [3.63, 3.8) is 0 Å². The maximum Gasteiger partial charge on any atom is 0.276 e. The summed E-state index contributed by atoms with van der Waals surface area (Å²) in [6.45, 7) is 5.51. The van der Waals surface area contributed by atoms with E-state index < -0.39 is 0 Å². The molecule has 1 aliphatic rings. The Bertz CT molecular complexity index is 641. The first kappa shape index (κ1) is 15.1. The van der Waals surface area contributed by atoms with Gasteiger partial charge < -0.3 is 0 Å². The Labute approximate surface area is 134 Å². The molecule has 6 heteroatoms. The first-order valence-corrected chi connectivity index (χ1v) is 8.46. The number of nitrogens with one attached hydrogen (secondary N) is 1. The number of aromatic nitrogens is 2. The van der Waals surface area contributed by atoms with Crippen LogP contribution in [0.15, 0.2) is 29.8 Å². The zero-order valence-electron chi connectivity index (χ0n) is 12.8. The minimum Gasteiger partial charge on any atom is -0.296 e. The van der Waals surface area contributed by atoms with Crippen molar-refractivity contribution < 1.29 is 4.79 Å². The Morgan fingerprint density at radius 3 is 3.05 bits per heavy atom. The second-order valence-corrected chi connectivity index (χ2v) is 6.62. The van der Waals surface area contributed by atoms with Crippen LogP contribution in [0.1, 0.15) is 48.9 Å². The van der Waals surface area contributed by atoms with E-state index in [2.05, 4.69) is 34.0 Å². The van der Waals surface area contributed by atoms with E-state index in [9.17, 15) is 4.79 Å². The smallest absolute Gasteiger partial charge is 0.276 e. The number of hydrogen-bond donors (Lipinski definition) is 1. The normalized spacial score (nSPS) is 18.8. The number of likely N-dealkylation sites (tertiary alicyclic amines) is 1. The van der Waals surface area contributed by atoms with Gasteiger partial charge in [0.25, 0.3) is 5.91 Å². The molecule has 0 saturated carbocycles. The predicted octanol–water partition coefficient (Wildman–Crippen LogP) is 3.34. The molecule has 1 saturated heterocycles. The quantitative estimate of drug-likeness (QED) is 0.940. The second kappa shape index (κ2) is 6.54. The molecule has 1 aliphatic heterocycles. The highest BCUT2D eigenvalue weighted by Crippen LogP contribution is 2.32. The van der Waals surface area contributed by atoms with Crippen LogP contribution in [0.5, 0.6) is 0 Å². The number of hydrogen-bond acceptors (Lipinski definition) is 5. The van der Waals surface area contributed by atoms with E-state index in [0.29, 0.717) is 22.9 Å². The lowest BCUT2D eigenvalue weighted by molar-refractivity contribution is 0.102. The van der Waals surface area contributed by atoms with Gasteiger partial charge in [0.1, 0.15) is 5.69 Å². The summed E-state index contributed by atoms with van der Waals surface area (Å²) in [6.07, 6.45) is 3.95. The molecule has 116 valence electrons. The second-order valence-electron chi connectivity index (χ2n) is 5.73. The summed E-state index contributed by atoms with van der Waals surface area (Å²) in [5.74, 6) is -0.203. The van der Waals surface area contributed by atoms with Gasteiger partial charge in [-0.3, -0.25) is 15.0 Å². The first-order chi connectivity index (χ1) is 10.6. The molecule has 1 N–H and O–H groups in total. The van der Waals surface area contributed by atoms with Crippen molar-refractivity contribution in [1.29, 1.82) is 0 Å². The number of amides is 1. The van der Waals surface area contributed by atoms with Gasteiger partial charge in [-0.2, -0.15) is 0 Å². The highest BCUT2D eigenvalue weighted by molar-refractivity contribution is 7.13. The molecular formula is C16H20N4OS. The van der Waals surface area contributed by atoms with E-state index in [1.807, 2.05) is 17.5 Å². The Hall–Kier alpha value is -1.79. The maximum absolute atomic E-state index is 12.3. The van der Waals surface area contributed by atoms with E-state index in [1.54, 1.807) is 12.3 Å². The Morgan fingerprint density at radius 1 is 1.45 bits per heavy atom. The van der Waals surface area contributed by atoms with Gasteiger partial charge in [0.05, 0.1) is 11.7 Å². The minimum atomic E-state index is -0.203. The number of rotatable bonds is 4. The van der Waals surface area contributed by atoms with Crippen LogP contribution in [0.3, 0.4) is 0 Å². The molecule has 5 nitrogen and oxygen atoms in total. The molecule has 3 heterocycles. The zero-order chi connectivity index (χ0) is 15.5. The molecular weight excluding hydrogens is 296 g/mol. The topological polar surface area (TPSA) is 58.1 Å². The molecule has 2 aromatic rings. The van der Waals surface area contributed by atoms with Gasteiger partial charge in [0, 0.05) is 17.6 Å². The summed E-state index contributed by atoms with van der Waals surface area (Å²) < 4.78 is 0. The van der Waals surface area contributed by atoms with E-state index in [0.717, 1.165) is 18.7 Å². The van der Waals surface area contributed by atoms with Crippen LogP contribution >= 0.6 is 11.3 Å². The molecule has 0 aromatic carbocycles. The third kappa shape index (κ3) is 3.18. The van der Waals surface area contributed by atoms with Crippen molar-refractivity contribution in [2.45, 2.75) is 38.8 Å². The van der Waals surface area contributed by atoms with Gasteiger partial charge in [0.2, 0.25) is 0 Å². The molecule has 3 rings (SSSR count). The fourth-order valence-corrected chi connectivity index (χ4v) is 3.46. The Balaban J connectivity index is 1.79. The fraction of sp³-hybridized carbons (Fsp3) is 0.438. The summed E-state index contributed by atoms with van der Waals surface area (Å²) in [4.78, 5) is 23.4. The van der Waals surface area contributed by atoms with Crippen molar-refractivity contribution >= 4 is 22.4 Å². The SMILES string of the molecule is CC(C)N1CCCC1c1cccc(C(=O)Nc2nccs2)n1. The standard InChI is InChI=1S/C16H20N4OS/c1-11(2)20-9-4-7-14(20)12-5-3-6-13(18-12)15(21)19-16-17-8-10-22-16/h3,5-6,8,10-11,14H,4,7,9H2,1-2H3,(H,17,19,21). The van der Waals surface area contributed by atoms with Gasteiger partial charge in [-0.1, -0.05) is 6.07 Å². The number of anilines is 1. The van der Waals surface area contributed by atoms with E-state index in [-0.39, 0.29) is 5.91 Å². The largest absolute Gasteiger partial charge is 0.296 e. The first-order valence-electron chi connectivity index (χ1n) is 7.58. The maximum atomic E-state index is 12.3. The number of pyridine rings is 1. The van der Waals surface area contributed by atoms with Crippen LogP contribution in [-0.2, 0) is 0 Å². The number of thiazole rings is 1. The Morgan fingerprint density at radius 2 is 2.32 bits per heavy atom. The van der Waals surface area contributed by atoms with Crippen molar-refractivity contribution in [2.24, 2.45) is 0 Å². The van der Waals surface area contributed by atoms with Crippen molar-refractivity contribution in [2.75, 3.05) is 11.9 Å². The highest BCUT2D eigenvalue weighted by Gasteiger charge is 2.29. The number of carbonyl (C=O) groups excluding carboxylic acids is 1. The summed E-state index contributed by atoms with van der Waals surface area (Å²) in [7, 11) is 0. The van der Waals surface area contributed by atoms with Gasteiger partial charge in [-0.05, 0) is 45.4 Å². The highest BCUT2D eigenvalue weighted by atomic mass is 32.1. The third-order valence-electron chi connectivity index (χ3n) is 3.95. The van der Waals surface area contributed by atoms with Crippen LogP contribution in [-0.4, -0.2) is 33.4 Å². The van der Waals surface area contributed by atoms with Gasteiger partial charge >= 0.3 is 0 Å². The van der Waals surface area contributed by atoms with Crippen LogP contribution in [0.4, 0.5) is 5.13 Å². The van der Waals surface area contributed by atoms with Crippen molar-refractivity contribution in [1.82, 2.24) is 14.9 Å². The average Bonchev–Trinajstić information content (AvgIpc) is 3.18. The van der Waals surface area contributed by atoms with E-state index in [1.165, 1.54) is 17.8 Å². The van der Waals surface area contributed by atoms with E-state index in [4.69, 9.17) is 0 Å². The summed E-state index contributed by atoms with van der Waals surface area (Å²) in [5, 5.41) is 5.21. The monoisotopic (exact) mass is 316 g/mol. The molecule has 1 fully saturated rings. The summed E-state index contributed by atoms with van der Waals surface area (Å²) >= 11 is 1.40. The van der Waals surface area contributed by atoms with Crippen LogP contribution < -0.4 is 5.32 Å². The summed E-state index contributed by atoms with van der Waals surface area (Å²) in [6, 6.07) is 6.48. The molecule has 0 bridgehead atoms. The molecule has 1 unspecified atom stereocenters. The van der Waals surface area contributed by atoms with Crippen molar-refractivity contribution in [3.8, 4) is 0 Å². The predicted molar refractivity (Wildman–Crippen MR) is 88.1 cm³/mol. The lowest BCUT2D eigenvalue weighted by atomic mass is 10.1. The lowest BCUT2D eigenvalue weighted by Crippen LogP contribution is -2.31. The number of carbonyl (C=O) groups is 1. The minimum absolute atomic E-state index is 0.203. The van der Waals surface area contributed by atoms with E-state index >= 15 is 0 Å². The zero-order valence-corrected chi connectivity index (χ0v) is 13.6. The molecule has 0 radical (unpaired) electrons. The summed E-state index contributed by atoms with van der Waals surface area (Å²) in [5.41, 5.74) is 1.43. The Kier molecular flexibility index (Phi) is 4.49. The van der Waals surface area contributed by atoms with Crippen LogP contribution in [0.2, 0.25) is 0 Å². The average molecular weight is 316 g/mol. The number of nitrogens with zero attached hydrogens (tertiary/aromatic N) is 3. The molecule has 1 atom stereocenters. The molecule has 0 spiro atoms. The molecule has 22 heavy (non-hydrogen) atoms. The van der Waals surface area contributed by atoms with Gasteiger partial charge in [0.15, 0.2) is 5.13 Å². The lowest BCUT2D eigenvalue weighted by Gasteiger charge is -2.27. The molecule has 2 aromatic heterocycles. The molecule has 0 aliphatic carbocycles. The van der Waals surface area contributed by atoms with Crippen LogP contribution in [0.25, 0.3) is 0 Å². The van der Waals surface area contributed by atoms with Crippen LogP contribution in [0, 0.1) is 0 Å². The van der Waals surface area contributed by atoms with Gasteiger partial charge in [-0.25, -0.2) is 9.97 Å². The van der Waals surface area contributed by atoms with Gasteiger partial charge in [-0.15, -0.1) is 11.3 Å². The third-order valence-corrected chi connectivity index (χ3v) is 4.64. The van der Waals surface area contributed by atoms with Crippen molar-refractivity contribution in [3.05, 3.63) is 41.2 Å². The molecule has 1 amide bonds. The fourth-order valence-electron chi connectivity index (χ4n) is 2.93.